The molecule has 110 valence electrons. The predicted molar refractivity (Wildman–Crippen MR) is 84.2 cm³/mol. The zero-order valence-corrected chi connectivity index (χ0v) is 12.3. The molecule has 6 nitrogen and oxygen atoms in total. The van der Waals surface area contributed by atoms with Crippen molar-refractivity contribution >= 4 is 33.1 Å². The first-order valence-corrected chi connectivity index (χ1v) is 7.34. The van der Waals surface area contributed by atoms with Crippen molar-refractivity contribution in [3.8, 4) is 16.7 Å². The number of aryl methyl sites for hydroxylation is 1. The van der Waals surface area contributed by atoms with Crippen molar-refractivity contribution in [2.45, 2.75) is 12.8 Å². The lowest BCUT2D eigenvalue weighted by Gasteiger charge is -1.99. The van der Waals surface area contributed by atoms with Gasteiger partial charge in [0.1, 0.15) is 11.6 Å². The van der Waals surface area contributed by atoms with Crippen LogP contribution in [0.1, 0.15) is 22.3 Å². The third kappa shape index (κ3) is 2.40. The molecule has 4 N–H and O–H groups in total. The molecular formula is C15H12N4O2S. The van der Waals surface area contributed by atoms with Crippen LogP contribution >= 0.6 is 11.3 Å². The van der Waals surface area contributed by atoms with E-state index >= 15 is 0 Å². The van der Waals surface area contributed by atoms with Crippen LogP contribution in [-0.2, 0) is 6.42 Å². The number of nitrogen functional groups attached to an aromatic ring is 1. The van der Waals surface area contributed by atoms with Crippen LogP contribution < -0.4 is 11.5 Å². The Kier molecular flexibility index (Phi) is 3.53. The van der Waals surface area contributed by atoms with Crippen LogP contribution in [0, 0.1) is 11.3 Å². The lowest BCUT2D eigenvalue weighted by Crippen LogP contribution is -2.11. The summed E-state index contributed by atoms with van der Waals surface area (Å²) in [5, 5.41) is 9.30. The number of aromatic nitrogens is 1. The molecule has 0 aliphatic carbocycles. The molecule has 0 bridgehead atoms. The number of fused-ring (bicyclic) bond motifs is 1. The highest BCUT2D eigenvalue weighted by atomic mass is 32.1. The quantitative estimate of drug-likeness (QED) is 0.767. The summed E-state index contributed by atoms with van der Waals surface area (Å²) >= 11 is 1.38. The first kappa shape index (κ1) is 14.1. The summed E-state index contributed by atoms with van der Waals surface area (Å²) in [4.78, 5) is 16.3. The van der Waals surface area contributed by atoms with Gasteiger partial charge in [-0.1, -0.05) is 0 Å². The van der Waals surface area contributed by atoms with E-state index < -0.39 is 5.91 Å². The zero-order chi connectivity index (χ0) is 15.7. The molecule has 3 heterocycles. The van der Waals surface area contributed by atoms with Crippen molar-refractivity contribution in [1.29, 1.82) is 5.26 Å². The topological polar surface area (TPSA) is 119 Å². The van der Waals surface area contributed by atoms with Crippen molar-refractivity contribution in [3.05, 3.63) is 35.7 Å². The molecule has 1 amide bonds. The molecule has 0 radical (unpaired) electrons. The fourth-order valence-corrected chi connectivity index (χ4v) is 3.32. The Hall–Kier alpha value is -2.85. The second kappa shape index (κ2) is 5.50. The lowest BCUT2D eigenvalue weighted by molar-refractivity contribution is 0.100. The van der Waals surface area contributed by atoms with Gasteiger partial charge in [0, 0.05) is 18.0 Å². The molecule has 7 heteroatoms. The average Bonchev–Trinajstić information content (AvgIpc) is 3.12. The number of nitrogens with two attached hydrogens (primary N) is 2. The summed E-state index contributed by atoms with van der Waals surface area (Å²) in [7, 11) is 0. The molecule has 0 fully saturated rings. The van der Waals surface area contributed by atoms with Gasteiger partial charge in [-0.15, -0.1) is 11.3 Å². The number of rotatable bonds is 4. The van der Waals surface area contributed by atoms with Crippen molar-refractivity contribution in [1.82, 2.24) is 4.98 Å². The van der Waals surface area contributed by atoms with Crippen molar-refractivity contribution in [3.63, 3.8) is 0 Å². The molecule has 0 saturated carbocycles. The number of furan rings is 1. The minimum Gasteiger partial charge on any atom is -0.463 e. The second-order valence-corrected chi connectivity index (χ2v) is 5.80. The maximum Gasteiger partial charge on any atom is 0.251 e. The van der Waals surface area contributed by atoms with Crippen LogP contribution in [0.4, 0.5) is 5.82 Å². The highest BCUT2D eigenvalue weighted by molar-refractivity contribution is 7.22. The molecule has 0 aromatic carbocycles. The fraction of sp³-hybridized carbons (Fsp3) is 0.133. The van der Waals surface area contributed by atoms with E-state index in [1.165, 1.54) is 17.5 Å². The van der Waals surface area contributed by atoms with Gasteiger partial charge in [0.15, 0.2) is 0 Å². The van der Waals surface area contributed by atoms with Crippen molar-refractivity contribution < 1.29 is 9.21 Å². The normalized spacial score (nSPS) is 10.7. The number of hydrogen-bond acceptors (Lipinski definition) is 6. The van der Waals surface area contributed by atoms with Gasteiger partial charge in [0.05, 0.1) is 27.5 Å². The maximum atomic E-state index is 11.5. The van der Waals surface area contributed by atoms with Gasteiger partial charge >= 0.3 is 0 Å². The zero-order valence-electron chi connectivity index (χ0n) is 11.5. The number of thiophene rings is 1. The number of anilines is 1. The number of nitrogens with zero attached hydrogens (tertiary/aromatic N) is 2. The Morgan fingerprint density at radius 1 is 1.45 bits per heavy atom. The van der Waals surface area contributed by atoms with Gasteiger partial charge in [-0.3, -0.25) is 4.79 Å². The highest BCUT2D eigenvalue weighted by Crippen LogP contribution is 2.38. The number of pyridine rings is 1. The molecule has 0 spiro atoms. The van der Waals surface area contributed by atoms with Gasteiger partial charge in [-0.2, -0.15) is 5.26 Å². The molecule has 0 atom stereocenters. The third-order valence-electron chi connectivity index (χ3n) is 3.27. The van der Waals surface area contributed by atoms with Crippen LogP contribution in [-0.4, -0.2) is 10.9 Å². The lowest BCUT2D eigenvalue weighted by atomic mass is 10.2. The van der Waals surface area contributed by atoms with Crippen LogP contribution in [0.25, 0.3) is 20.7 Å². The molecule has 22 heavy (non-hydrogen) atoms. The smallest absolute Gasteiger partial charge is 0.251 e. The number of nitriles is 1. The number of amides is 1. The summed E-state index contributed by atoms with van der Waals surface area (Å²) in [5.41, 5.74) is 12.5. The fourth-order valence-electron chi connectivity index (χ4n) is 2.18. The van der Waals surface area contributed by atoms with Crippen LogP contribution in [0.5, 0.6) is 0 Å². The molecular weight excluding hydrogens is 300 g/mol. The predicted octanol–water partition coefficient (Wildman–Crippen LogP) is 2.69. The summed E-state index contributed by atoms with van der Waals surface area (Å²) in [5.74, 6) is 0.475. The van der Waals surface area contributed by atoms with Gasteiger partial charge in [0.25, 0.3) is 5.91 Å². The van der Waals surface area contributed by atoms with E-state index in [1.807, 2.05) is 12.1 Å². The van der Waals surface area contributed by atoms with E-state index in [0.717, 1.165) is 10.4 Å². The Morgan fingerprint density at radius 3 is 3.00 bits per heavy atom. The number of carbonyl (C=O) groups is 1. The highest BCUT2D eigenvalue weighted by Gasteiger charge is 2.16. The van der Waals surface area contributed by atoms with Gasteiger partial charge in [-0.25, -0.2) is 4.98 Å². The molecule has 3 aromatic rings. The summed E-state index contributed by atoms with van der Waals surface area (Å²) < 4.78 is 6.24. The first-order valence-electron chi connectivity index (χ1n) is 6.52. The summed E-state index contributed by atoms with van der Waals surface area (Å²) in [6.07, 6.45) is 4.10. The van der Waals surface area contributed by atoms with E-state index in [9.17, 15) is 4.79 Å². The van der Waals surface area contributed by atoms with Crippen LogP contribution in [0.15, 0.2) is 29.0 Å². The minimum atomic E-state index is -0.542. The summed E-state index contributed by atoms with van der Waals surface area (Å²) in [6.45, 7) is 0. The monoisotopic (exact) mass is 312 g/mol. The number of hydrogen-bond donors (Lipinski definition) is 2. The molecule has 0 aliphatic rings. The van der Waals surface area contributed by atoms with E-state index in [-0.39, 0.29) is 0 Å². The minimum absolute atomic E-state index is 0.344. The van der Waals surface area contributed by atoms with E-state index in [2.05, 4.69) is 11.1 Å². The Morgan fingerprint density at radius 2 is 2.27 bits per heavy atom. The summed E-state index contributed by atoms with van der Waals surface area (Å²) in [6, 6.07) is 5.82. The number of carbonyl (C=O) groups excluding carboxylic acids is 1. The van der Waals surface area contributed by atoms with Crippen LogP contribution in [0.3, 0.4) is 0 Å². The average molecular weight is 312 g/mol. The standard InChI is InChI=1S/C15H12N4O2S/c16-3-1-2-8-4-11(21-7-8)12-5-9-13(22-12)10(15(18)20)6-19-14(9)17/h4-7H,1-2H2,(H2,17,19)(H2,18,20). The van der Waals surface area contributed by atoms with Crippen molar-refractivity contribution in [2.24, 2.45) is 5.73 Å². The molecule has 0 saturated heterocycles. The maximum absolute atomic E-state index is 11.5. The van der Waals surface area contributed by atoms with Gasteiger partial charge < -0.3 is 15.9 Å². The second-order valence-electron chi connectivity index (χ2n) is 4.75. The SMILES string of the molecule is N#CCCc1coc(-c2cc3c(N)ncc(C(N)=O)c3s2)c1. The Labute approximate surface area is 130 Å². The first-order chi connectivity index (χ1) is 10.6. The van der Waals surface area contributed by atoms with E-state index in [4.69, 9.17) is 21.1 Å². The van der Waals surface area contributed by atoms with E-state index in [1.54, 1.807) is 6.26 Å². The van der Waals surface area contributed by atoms with Crippen LogP contribution in [0.2, 0.25) is 0 Å². The van der Waals surface area contributed by atoms with Crippen molar-refractivity contribution in [2.75, 3.05) is 5.73 Å². The molecule has 3 aromatic heterocycles. The number of primary amides is 1. The third-order valence-corrected chi connectivity index (χ3v) is 4.46. The largest absolute Gasteiger partial charge is 0.463 e. The molecule has 0 unspecified atom stereocenters. The molecule has 3 rings (SSSR count). The van der Waals surface area contributed by atoms with E-state index in [0.29, 0.717) is 40.1 Å². The van der Waals surface area contributed by atoms with Gasteiger partial charge in [-0.05, 0) is 24.1 Å². The molecule has 0 aliphatic heterocycles. The van der Waals surface area contributed by atoms with Gasteiger partial charge in [0.2, 0.25) is 0 Å². The Balaban J connectivity index is 2.07. The Bertz CT molecular complexity index is 904.